The summed E-state index contributed by atoms with van der Waals surface area (Å²) in [5.41, 5.74) is 2.78. The second-order valence-corrected chi connectivity index (χ2v) is 2.62. The van der Waals surface area contributed by atoms with E-state index in [2.05, 4.69) is 12.6 Å². The van der Waals surface area contributed by atoms with Crippen molar-refractivity contribution >= 4 is 0 Å². The van der Waals surface area contributed by atoms with Gasteiger partial charge in [-0.25, -0.2) is 0 Å². The Labute approximate surface area is 68.3 Å². The Morgan fingerprint density at radius 3 is 2.18 bits per heavy atom. The molecule has 0 aromatic carbocycles. The zero-order valence-electron chi connectivity index (χ0n) is 7.31. The molecular weight excluding hydrogens is 134 g/mol. The number of rotatable bonds is 2. The first kappa shape index (κ1) is 9.71. The molecule has 0 saturated heterocycles. The van der Waals surface area contributed by atoms with Crippen LogP contribution in [0.25, 0.3) is 0 Å². The summed E-state index contributed by atoms with van der Waals surface area (Å²) in [6, 6.07) is 2.12. The number of nitriles is 1. The van der Waals surface area contributed by atoms with Crippen molar-refractivity contribution in [3.05, 3.63) is 35.5 Å². The van der Waals surface area contributed by atoms with Gasteiger partial charge in [-0.15, -0.1) is 0 Å². The molecule has 11 heavy (non-hydrogen) atoms. The summed E-state index contributed by atoms with van der Waals surface area (Å²) >= 11 is 0. The number of allylic oxidation sites excluding steroid dienone is 5. The van der Waals surface area contributed by atoms with E-state index in [0.717, 1.165) is 16.7 Å². The summed E-state index contributed by atoms with van der Waals surface area (Å²) < 4.78 is 0. The average molecular weight is 147 g/mol. The molecule has 0 aliphatic rings. The topological polar surface area (TPSA) is 23.8 Å². The van der Waals surface area contributed by atoms with Gasteiger partial charge in [0.2, 0.25) is 0 Å². The lowest BCUT2D eigenvalue weighted by atomic mass is 10.1. The Bertz CT molecular complexity index is 245. The molecule has 0 rings (SSSR count). The van der Waals surface area contributed by atoms with E-state index in [0.29, 0.717) is 0 Å². The molecule has 0 radical (unpaired) electrons. The fourth-order valence-electron chi connectivity index (χ4n) is 0.575. The van der Waals surface area contributed by atoms with Crippen LogP contribution in [0.2, 0.25) is 0 Å². The smallest absolute Gasteiger partial charge is 0.0990 e. The molecule has 0 aliphatic heterocycles. The SMILES string of the molecule is C=C/C(C)=C\C(C#N)=C(C)C. The first-order valence-electron chi connectivity index (χ1n) is 3.50. The van der Waals surface area contributed by atoms with E-state index in [4.69, 9.17) is 5.26 Å². The third kappa shape index (κ3) is 3.42. The van der Waals surface area contributed by atoms with Crippen molar-refractivity contribution in [3.63, 3.8) is 0 Å². The second-order valence-electron chi connectivity index (χ2n) is 2.62. The Morgan fingerprint density at radius 1 is 1.36 bits per heavy atom. The fourth-order valence-corrected chi connectivity index (χ4v) is 0.575. The van der Waals surface area contributed by atoms with Crippen molar-refractivity contribution in [3.8, 4) is 6.07 Å². The Kier molecular flexibility index (Phi) is 3.98. The third-order valence-corrected chi connectivity index (χ3v) is 1.35. The van der Waals surface area contributed by atoms with Gasteiger partial charge in [0.05, 0.1) is 11.6 Å². The lowest BCUT2D eigenvalue weighted by Gasteiger charge is -1.93. The van der Waals surface area contributed by atoms with Gasteiger partial charge in [0.25, 0.3) is 0 Å². The second kappa shape index (κ2) is 4.51. The molecule has 0 aromatic rings. The van der Waals surface area contributed by atoms with E-state index < -0.39 is 0 Å². The summed E-state index contributed by atoms with van der Waals surface area (Å²) in [5.74, 6) is 0. The van der Waals surface area contributed by atoms with Gasteiger partial charge in [-0.3, -0.25) is 0 Å². The van der Waals surface area contributed by atoms with Crippen LogP contribution >= 0.6 is 0 Å². The van der Waals surface area contributed by atoms with Gasteiger partial charge in [-0.05, 0) is 26.8 Å². The van der Waals surface area contributed by atoms with E-state index in [-0.39, 0.29) is 0 Å². The molecule has 0 amide bonds. The molecule has 0 heterocycles. The average Bonchev–Trinajstić information content (AvgIpc) is 1.99. The summed E-state index contributed by atoms with van der Waals surface area (Å²) in [5, 5.41) is 8.65. The zero-order chi connectivity index (χ0) is 8.85. The standard InChI is InChI=1S/C10H13N/c1-5-9(4)6-10(7-11)8(2)3/h5-6H,1H2,2-4H3/b9-6-. The number of hydrogen-bond donors (Lipinski definition) is 0. The summed E-state index contributed by atoms with van der Waals surface area (Å²) in [4.78, 5) is 0. The molecule has 0 spiro atoms. The predicted octanol–water partition coefficient (Wildman–Crippen LogP) is 2.98. The van der Waals surface area contributed by atoms with Gasteiger partial charge >= 0.3 is 0 Å². The van der Waals surface area contributed by atoms with Crippen LogP contribution in [0.15, 0.2) is 35.5 Å². The summed E-state index contributed by atoms with van der Waals surface area (Å²) in [6.45, 7) is 9.37. The molecule has 0 bridgehead atoms. The Balaban J connectivity index is 4.75. The number of hydrogen-bond acceptors (Lipinski definition) is 1. The molecule has 0 N–H and O–H groups in total. The van der Waals surface area contributed by atoms with Gasteiger partial charge in [-0.1, -0.05) is 23.8 Å². The molecular formula is C10H13N. The van der Waals surface area contributed by atoms with Crippen LogP contribution in [0.3, 0.4) is 0 Å². The normalized spacial score (nSPS) is 10.2. The van der Waals surface area contributed by atoms with Crippen molar-refractivity contribution in [1.82, 2.24) is 0 Å². The highest BCUT2D eigenvalue weighted by Crippen LogP contribution is 2.07. The van der Waals surface area contributed by atoms with E-state index in [1.54, 1.807) is 6.08 Å². The lowest BCUT2D eigenvalue weighted by Crippen LogP contribution is -1.78. The quantitative estimate of drug-likeness (QED) is 0.435. The summed E-state index contributed by atoms with van der Waals surface area (Å²) in [6.07, 6.45) is 3.57. The first-order chi connectivity index (χ1) is 5.11. The van der Waals surface area contributed by atoms with Crippen molar-refractivity contribution in [2.45, 2.75) is 20.8 Å². The van der Waals surface area contributed by atoms with Gasteiger partial charge in [0.15, 0.2) is 0 Å². The molecule has 0 fully saturated rings. The van der Waals surface area contributed by atoms with E-state index in [1.807, 2.05) is 26.8 Å². The molecule has 0 unspecified atom stereocenters. The minimum atomic E-state index is 0.724. The summed E-state index contributed by atoms with van der Waals surface area (Å²) in [7, 11) is 0. The van der Waals surface area contributed by atoms with Crippen LogP contribution in [0, 0.1) is 11.3 Å². The molecule has 1 nitrogen and oxygen atoms in total. The molecule has 0 saturated carbocycles. The van der Waals surface area contributed by atoms with Crippen LogP contribution in [-0.4, -0.2) is 0 Å². The first-order valence-corrected chi connectivity index (χ1v) is 3.50. The van der Waals surface area contributed by atoms with E-state index >= 15 is 0 Å². The van der Waals surface area contributed by atoms with E-state index in [9.17, 15) is 0 Å². The van der Waals surface area contributed by atoms with Crippen LogP contribution in [0.1, 0.15) is 20.8 Å². The minimum absolute atomic E-state index is 0.724. The molecule has 0 aliphatic carbocycles. The number of nitrogens with zero attached hydrogens (tertiary/aromatic N) is 1. The maximum Gasteiger partial charge on any atom is 0.0990 e. The molecule has 0 atom stereocenters. The minimum Gasteiger partial charge on any atom is -0.192 e. The third-order valence-electron chi connectivity index (χ3n) is 1.35. The van der Waals surface area contributed by atoms with Crippen molar-refractivity contribution in [2.75, 3.05) is 0 Å². The van der Waals surface area contributed by atoms with Gasteiger partial charge in [0, 0.05) is 0 Å². The van der Waals surface area contributed by atoms with Gasteiger partial charge in [-0.2, -0.15) is 5.26 Å². The molecule has 58 valence electrons. The van der Waals surface area contributed by atoms with E-state index in [1.165, 1.54) is 0 Å². The Morgan fingerprint density at radius 2 is 1.91 bits per heavy atom. The van der Waals surface area contributed by atoms with Crippen LogP contribution in [-0.2, 0) is 0 Å². The predicted molar refractivity (Wildman–Crippen MR) is 47.9 cm³/mol. The highest BCUT2D eigenvalue weighted by atomic mass is 14.2. The monoisotopic (exact) mass is 147 g/mol. The molecule has 1 heteroatoms. The molecule has 0 aromatic heterocycles. The lowest BCUT2D eigenvalue weighted by molar-refractivity contribution is 1.32. The maximum absolute atomic E-state index is 8.65. The highest BCUT2D eigenvalue weighted by molar-refractivity contribution is 5.40. The van der Waals surface area contributed by atoms with Crippen LogP contribution in [0.4, 0.5) is 0 Å². The van der Waals surface area contributed by atoms with Gasteiger partial charge in [0.1, 0.15) is 0 Å². The van der Waals surface area contributed by atoms with Crippen molar-refractivity contribution in [1.29, 1.82) is 5.26 Å². The maximum atomic E-state index is 8.65. The van der Waals surface area contributed by atoms with Gasteiger partial charge < -0.3 is 0 Å². The Hall–Kier alpha value is -1.29. The van der Waals surface area contributed by atoms with Crippen molar-refractivity contribution in [2.24, 2.45) is 0 Å². The largest absolute Gasteiger partial charge is 0.192 e. The highest BCUT2D eigenvalue weighted by Gasteiger charge is 1.92. The van der Waals surface area contributed by atoms with Crippen molar-refractivity contribution < 1.29 is 0 Å². The van der Waals surface area contributed by atoms with Crippen LogP contribution < -0.4 is 0 Å². The van der Waals surface area contributed by atoms with Crippen LogP contribution in [0.5, 0.6) is 0 Å². The zero-order valence-corrected chi connectivity index (χ0v) is 7.31. The fraction of sp³-hybridized carbons (Fsp3) is 0.300.